The molecule has 0 radical (unpaired) electrons. The number of halogens is 1. The van der Waals surface area contributed by atoms with Gasteiger partial charge in [0.05, 0.1) is 35.7 Å². The molecule has 0 aliphatic carbocycles. The summed E-state index contributed by atoms with van der Waals surface area (Å²) in [5.74, 6) is 0.972. The molecule has 5 rings (SSSR count). The largest absolute Gasteiger partial charge is 0.480 e. The van der Waals surface area contributed by atoms with Crippen LogP contribution in [0.3, 0.4) is 0 Å². The Kier molecular flexibility index (Phi) is 6.42. The van der Waals surface area contributed by atoms with Gasteiger partial charge in [-0.2, -0.15) is 4.98 Å². The molecule has 0 saturated carbocycles. The molecule has 184 valence electrons. The van der Waals surface area contributed by atoms with Gasteiger partial charge in [0, 0.05) is 43.6 Å². The van der Waals surface area contributed by atoms with Gasteiger partial charge in [0.15, 0.2) is 0 Å². The minimum atomic E-state index is -0.225. The first-order valence-corrected chi connectivity index (χ1v) is 12.3. The Balaban J connectivity index is 1.71. The fourth-order valence-electron chi connectivity index (χ4n) is 5.26. The topological polar surface area (TPSA) is 81.5 Å². The molecular formula is C26H30ClN5O3. The fraction of sp³-hybridized carbons (Fsp3) is 0.423. The zero-order chi connectivity index (χ0) is 24.7. The van der Waals surface area contributed by atoms with Gasteiger partial charge in [-0.1, -0.05) is 23.7 Å². The number of fused-ring (bicyclic) bond motifs is 1. The number of amides is 1. The molecule has 0 spiro atoms. The van der Waals surface area contributed by atoms with E-state index in [0.29, 0.717) is 35.6 Å². The predicted molar refractivity (Wildman–Crippen MR) is 135 cm³/mol. The summed E-state index contributed by atoms with van der Waals surface area (Å²) in [6.45, 7) is 5.57. The van der Waals surface area contributed by atoms with Crippen molar-refractivity contribution < 1.29 is 14.3 Å². The number of aromatic nitrogens is 3. The molecule has 1 aromatic carbocycles. The Morgan fingerprint density at radius 3 is 2.51 bits per heavy atom. The summed E-state index contributed by atoms with van der Waals surface area (Å²) in [5, 5.41) is 3.62. The van der Waals surface area contributed by atoms with Gasteiger partial charge in [0.1, 0.15) is 0 Å². The summed E-state index contributed by atoms with van der Waals surface area (Å²) >= 11 is 6.22. The van der Waals surface area contributed by atoms with Crippen molar-refractivity contribution in [3.05, 3.63) is 58.4 Å². The number of rotatable bonds is 6. The van der Waals surface area contributed by atoms with E-state index in [1.165, 1.54) is 0 Å². The second kappa shape index (κ2) is 9.51. The first-order chi connectivity index (χ1) is 16.9. The summed E-state index contributed by atoms with van der Waals surface area (Å²) in [5.41, 5.74) is 4.33. The molecule has 8 nitrogen and oxygen atoms in total. The van der Waals surface area contributed by atoms with Crippen LogP contribution < -0.4 is 10.1 Å². The molecule has 2 aromatic heterocycles. The van der Waals surface area contributed by atoms with Crippen LogP contribution in [0.1, 0.15) is 60.4 Å². The average Bonchev–Trinajstić information content (AvgIpc) is 3.40. The Bertz CT molecular complexity index is 1230. The van der Waals surface area contributed by atoms with E-state index in [2.05, 4.69) is 38.6 Å². The van der Waals surface area contributed by atoms with Crippen molar-refractivity contribution in [1.29, 1.82) is 0 Å². The monoisotopic (exact) mass is 495 g/mol. The van der Waals surface area contributed by atoms with Crippen LogP contribution in [-0.4, -0.2) is 58.8 Å². The van der Waals surface area contributed by atoms with Crippen LogP contribution in [0, 0.1) is 0 Å². The highest BCUT2D eigenvalue weighted by Crippen LogP contribution is 2.47. The minimum absolute atomic E-state index is 0.0410. The Hall–Kier alpha value is -3.10. The van der Waals surface area contributed by atoms with E-state index in [0.717, 1.165) is 35.4 Å². The van der Waals surface area contributed by atoms with Crippen molar-refractivity contribution in [2.75, 3.05) is 32.7 Å². The highest BCUT2D eigenvalue weighted by atomic mass is 35.5. The standard InChI is InChI=1S/C26H30ClN5O3/c1-15(2)31-21(20-14-29-26(28-3)30-24(20)34-4)13-19-23(31)22(16-5-7-17(27)8-6-16)32(25(19)33)18-9-11-35-12-10-18/h5-8,13-15,18,22H,9-12H2,1-4H3,(H,28,29,30). The van der Waals surface area contributed by atoms with Crippen LogP contribution in [0.2, 0.25) is 5.02 Å². The molecule has 2 aliphatic rings. The van der Waals surface area contributed by atoms with Gasteiger partial charge in [0.2, 0.25) is 11.8 Å². The SMILES string of the molecule is CNc1ncc(-c2cc3c(n2C(C)C)C(c2ccc(Cl)cc2)N(C2CCOCC2)C3=O)c(OC)n1. The normalized spacial score (nSPS) is 18.3. The molecule has 1 fully saturated rings. The van der Waals surface area contributed by atoms with Crippen molar-refractivity contribution in [2.24, 2.45) is 0 Å². The molecule has 4 heterocycles. The Morgan fingerprint density at radius 1 is 1.17 bits per heavy atom. The number of ether oxygens (including phenoxy) is 2. The number of nitrogens with one attached hydrogen (secondary N) is 1. The molecule has 9 heteroatoms. The van der Waals surface area contributed by atoms with Crippen LogP contribution in [0.4, 0.5) is 5.95 Å². The number of anilines is 1. The van der Waals surface area contributed by atoms with E-state index in [1.807, 2.05) is 30.3 Å². The van der Waals surface area contributed by atoms with Crippen molar-refractivity contribution in [3.63, 3.8) is 0 Å². The van der Waals surface area contributed by atoms with Gasteiger partial charge in [-0.15, -0.1) is 0 Å². The average molecular weight is 496 g/mol. The van der Waals surface area contributed by atoms with Gasteiger partial charge in [0.25, 0.3) is 5.91 Å². The Labute approximate surface area is 210 Å². The summed E-state index contributed by atoms with van der Waals surface area (Å²) < 4.78 is 13.4. The third kappa shape index (κ3) is 4.04. The Morgan fingerprint density at radius 2 is 1.89 bits per heavy atom. The van der Waals surface area contributed by atoms with E-state index in [-0.39, 0.29) is 24.0 Å². The summed E-state index contributed by atoms with van der Waals surface area (Å²) in [6, 6.07) is 9.75. The van der Waals surface area contributed by atoms with Gasteiger partial charge in [-0.05, 0) is 50.5 Å². The predicted octanol–water partition coefficient (Wildman–Crippen LogP) is 4.95. The van der Waals surface area contributed by atoms with E-state index in [1.54, 1.807) is 20.4 Å². The van der Waals surface area contributed by atoms with Gasteiger partial charge in [-0.3, -0.25) is 4.79 Å². The van der Waals surface area contributed by atoms with Crippen molar-refractivity contribution in [2.45, 2.75) is 44.8 Å². The zero-order valence-electron chi connectivity index (χ0n) is 20.4. The molecular weight excluding hydrogens is 466 g/mol. The molecule has 1 unspecified atom stereocenters. The lowest BCUT2D eigenvalue weighted by Crippen LogP contribution is -2.42. The molecule has 3 aromatic rings. The summed E-state index contributed by atoms with van der Waals surface area (Å²) in [6.07, 6.45) is 3.39. The summed E-state index contributed by atoms with van der Waals surface area (Å²) in [7, 11) is 3.36. The number of methoxy groups -OCH3 is 1. The number of benzene rings is 1. The smallest absolute Gasteiger partial charge is 0.256 e. The first kappa shape index (κ1) is 23.6. The molecule has 35 heavy (non-hydrogen) atoms. The second-order valence-corrected chi connectivity index (χ2v) is 9.61. The molecule has 1 N–H and O–H groups in total. The minimum Gasteiger partial charge on any atom is -0.480 e. The number of carbonyl (C=O) groups is 1. The van der Waals surface area contributed by atoms with Crippen molar-refractivity contribution in [3.8, 4) is 17.1 Å². The molecule has 1 saturated heterocycles. The summed E-state index contributed by atoms with van der Waals surface area (Å²) in [4.78, 5) is 24.9. The zero-order valence-corrected chi connectivity index (χ0v) is 21.2. The van der Waals surface area contributed by atoms with E-state index in [9.17, 15) is 4.79 Å². The lowest BCUT2D eigenvalue weighted by atomic mass is 9.99. The van der Waals surface area contributed by atoms with Gasteiger partial charge in [-0.25, -0.2) is 4.98 Å². The van der Waals surface area contributed by atoms with Crippen LogP contribution in [0.5, 0.6) is 5.88 Å². The maximum atomic E-state index is 14.0. The van der Waals surface area contributed by atoms with Crippen LogP contribution in [0.25, 0.3) is 11.3 Å². The van der Waals surface area contributed by atoms with Gasteiger partial charge < -0.3 is 24.3 Å². The number of carbonyl (C=O) groups excluding carboxylic acids is 1. The maximum absolute atomic E-state index is 14.0. The van der Waals surface area contributed by atoms with Crippen LogP contribution in [0.15, 0.2) is 36.5 Å². The quantitative estimate of drug-likeness (QED) is 0.521. The highest BCUT2D eigenvalue weighted by Gasteiger charge is 2.45. The molecule has 2 aliphatic heterocycles. The van der Waals surface area contributed by atoms with Gasteiger partial charge >= 0.3 is 0 Å². The fourth-order valence-corrected chi connectivity index (χ4v) is 5.39. The third-order valence-corrected chi connectivity index (χ3v) is 7.06. The lowest BCUT2D eigenvalue weighted by Gasteiger charge is -2.37. The molecule has 1 atom stereocenters. The highest BCUT2D eigenvalue weighted by molar-refractivity contribution is 6.30. The molecule has 1 amide bonds. The lowest BCUT2D eigenvalue weighted by molar-refractivity contribution is 0.0242. The van der Waals surface area contributed by atoms with Crippen molar-refractivity contribution in [1.82, 2.24) is 19.4 Å². The molecule has 0 bridgehead atoms. The van der Waals surface area contributed by atoms with Crippen LogP contribution >= 0.6 is 11.6 Å². The third-order valence-electron chi connectivity index (χ3n) is 6.81. The van der Waals surface area contributed by atoms with E-state index < -0.39 is 0 Å². The maximum Gasteiger partial charge on any atom is 0.256 e. The number of nitrogens with zero attached hydrogens (tertiary/aromatic N) is 4. The van der Waals surface area contributed by atoms with Crippen LogP contribution in [-0.2, 0) is 4.74 Å². The number of hydrogen-bond donors (Lipinski definition) is 1. The number of hydrogen-bond acceptors (Lipinski definition) is 6. The van der Waals surface area contributed by atoms with E-state index >= 15 is 0 Å². The first-order valence-electron chi connectivity index (χ1n) is 11.9. The second-order valence-electron chi connectivity index (χ2n) is 9.17. The van der Waals surface area contributed by atoms with Crippen molar-refractivity contribution >= 4 is 23.5 Å². The van der Waals surface area contributed by atoms with E-state index in [4.69, 9.17) is 21.1 Å².